The number of phenolic OH excluding ortho intramolecular Hbond substituents is 1. The second-order valence-corrected chi connectivity index (χ2v) is 10.4. The van der Waals surface area contributed by atoms with Gasteiger partial charge in [-0.25, -0.2) is 0 Å². The molecular formula is C25H40O2. The third kappa shape index (κ3) is 5.72. The predicted octanol–water partition coefficient (Wildman–Crippen LogP) is 6.61. The normalized spacial score (nSPS) is 23.2. The van der Waals surface area contributed by atoms with Gasteiger partial charge in [0.05, 0.1) is 5.60 Å². The van der Waals surface area contributed by atoms with Crippen LogP contribution in [0.25, 0.3) is 0 Å². The molecule has 0 saturated carbocycles. The average molecular weight is 373 g/mol. The number of benzene rings is 1. The van der Waals surface area contributed by atoms with Crippen molar-refractivity contribution in [2.75, 3.05) is 0 Å². The fourth-order valence-corrected chi connectivity index (χ4v) is 3.93. The summed E-state index contributed by atoms with van der Waals surface area (Å²) in [4.78, 5) is 0. The Morgan fingerprint density at radius 3 is 1.85 bits per heavy atom. The number of allylic oxidation sites excluding steroid dienone is 2. The molecule has 0 spiro atoms. The minimum atomic E-state index is -0.692. The van der Waals surface area contributed by atoms with Crippen molar-refractivity contribution < 1.29 is 10.2 Å². The summed E-state index contributed by atoms with van der Waals surface area (Å²) < 4.78 is 0. The molecule has 0 fully saturated rings. The second kappa shape index (κ2) is 7.83. The summed E-state index contributed by atoms with van der Waals surface area (Å²) in [5.74, 6) is 0.644. The van der Waals surface area contributed by atoms with Gasteiger partial charge in [0.25, 0.3) is 0 Å². The third-order valence-electron chi connectivity index (χ3n) is 5.47. The largest absolute Gasteiger partial charge is 0.507 e. The summed E-state index contributed by atoms with van der Waals surface area (Å²) in [6.07, 6.45) is 3.95. The van der Waals surface area contributed by atoms with Crippen LogP contribution < -0.4 is 0 Å². The molecule has 2 rings (SSSR count). The zero-order valence-electron chi connectivity index (χ0n) is 19.3. The van der Waals surface area contributed by atoms with E-state index in [-0.39, 0.29) is 16.7 Å². The summed E-state index contributed by atoms with van der Waals surface area (Å²) in [5, 5.41) is 20.0. The molecule has 0 bridgehead atoms. The molecule has 152 valence electrons. The van der Waals surface area contributed by atoms with Crippen molar-refractivity contribution in [3.8, 4) is 5.75 Å². The van der Waals surface area contributed by atoms with Gasteiger partial charge < -0.3 is 10.2 Å². The number of phenols is 1. The van der Waals surface area contributed by atoms with Gasteiger partial charge in [-0.3, -0.25) is 0 Å². The van der Waals surface area contributed by atoms with Crippen LogP contribution in [0.4, 0.5) is 0 Å². The topological polar surface area (TPSA) is 40.5 Å². The van der Waals surface area contributed by atoms with E-state index in [2.05, 4.69) is 68.4 Å². The average Bonchev–Trinajstić information content (AvgIpc) is 2.46. The number of rotatable bonds is 0. The van der Waals surface area contributed by atoms with E-state index in [1.165, 1.54) is 16.7 Å². The number of aryl methyl sites for hydroxylation is 2. The Morgan fingerprint density at radius 1 is 0.926 bits per heavy atom. The summed E-state index contributed by atoms with van der Waals surface area (Å²) in [6.45, 7) is 23.1. The van der Waals surface area contributed by atoms with Crippen molar-refractivity contribution in [1.29, 1.82) is 0 Å². The van der Waals surface area contributed by atoms with E-state index in [0.717, 1.165) is 11.1 Å². The Balaban J connectivity index is 0.000000271. The quantitative estimate of drug-likeness (QED) is 0.538. The first-order valence-electron chi connectivity index (χ1n) is 9.92. The zero-order valence-corrected chi connectivity index (χ0v) is 19.3. The Bertz CT molecular complexity index is 735. The highest BCUT2D eigenvalue weighted by Gasteiger charge is 2.36. The van der Waals surface area contributed by atoms with E-state index < -0.39 is 5.60 Å². The first-order valence-corrected chi connectivity index (χ1v) is 9.92. The van der Waals surface area contributed by atoms with Gasteiger partial charge in [-0.15, -0.1) is 0 Å². The molecular weight excluding hydrogens is 332 g/mol. The van der Waals surface area contributed by atoms with Crippen molar-refractivity contribution in [3.63, 3.8) is 0 Å². The number of hydrogen-bond donors (Lipinski definition) is 2. The fourth-order valence-electron chi connectivity index (χ4n) is 3.93. The molecule has 1 aliphatic rings. The molecule has 27 heavy (non-hydrogen) atoms. The highest BCUT2D eigenvalue weighted by atomic mass is 16.3. The molecule has 0 amide bonds. The Hall–Kier alpha value is -1.54. The molecule has 0 aromatic heterocycles. The van der Waals surface area contributed by atoms with Crippen LogP contribution in [0, 0.1) is 25.2 Å². The number of aliphatic hydroxyl groups is 1. The molecule has 2 nitrogen and oxygen atoms in total. The first-order chi connectivity index (χ1) is 12.0. The lowest BCUT2D eigenvalue weighted by Gasteiger charge is -2.39. The van der Waals surface area contributed by atoms with Gasteiger partial charge in [-0.1, -0.05) is 89.5 Å². The SMILES string of the molecule is CC1=C(C(C)(C)C)C(C)C(C)(O)C=C1.Cc1cc(C)c(O)c(C(C)(C)C)c1. The van der Waals surface area contributed by atoms with E-state index in [1.54, 1.807) is 0 Å². The van der Waals surface area contributed by atoms with Crippen LogP contribution in [0.3, 0.4) is 0 Å². The van der Waals surface area contributed by atoms with Crippen molar-refractivity contribution in [2.45, 2.75) is 87.2 Å². The molecule has 2 heteroatoms. The van der Waals surface area contributed by atoms with Crippen LogP contribution in [0.15, 0.2) is 35.4 Å². The van der Waals surface area contributed by atoms with Crippen LogP contribution >= 0.6 is 0 Å². The zero-order chi connectivity index (χ0) is 21.4. The van der Waals surface area contributed by atoms with Crippen molar-refractivity contribution >= 4 is 0 Å². The van der Waals surface area contributed by atoms with E-state index in [9.17, 15) is 10.2 Å². The van der Waals surface area contributed by atoms with Crippen LogP contribution in [-0.2, 0) is 5.41 Å². The maximum Gasteiger partial charge on any atom is 0.122 e. The van der Waals surface area contributed by atoms with Crippen molar-refractivity contribution in [1.82, 2.24) is 0 Å². The number of aromatic hydroxyl groups is 1. The van der Waals surface area contributed by atoms with Gasteiger partial charge in [-0.2, -0.15) is 0 Å². The summed E-state index contributed by atoms with van der Waals surface area (Å²) >= 11 is 0. The summed E-state index contributed by atoms with van der Waals surface area (Å²) in [5.41, 5.74) is 5.33. The maximum absolute atomic E-state index is 10.2. The van der Waals surface area contributed by atoms with Gasteiger partial charge >= 0.3 is 0 Å². The minimum absolute atomic E-state index is 0.0147. The Labute approximate surface area is 167 Å². The standard InChI is InChI=1S/C13H22O.C12H18O/c1-9-7-8-13(6,14)10(2)11(9)12(3,4)5;1-8-6-9(2)11(13)10(7-8)12(3,4)5/h7-8,10,14H,1-6H3;6-7,13H,1-5H3. The van der Waals surface area contributed by atoms with Crippen LogP contribution in [0.1, 0.15) is 79.0 Å². The Morgan fingerprint density at radius 2 is 1.44 bits per heavy atom. The fraction of sp³-hybridized carbons (Fsp3) is 0.600. The van der Waals surface area contributed by atoms with E-state index >= 15 is 0 Å². The van der Waals surface area contributed by atoms with E-state index in [1.807, 2.05) is 32.1 Å². The molecule has 2 atom stereocenters. The highest BCUT2D eigenvalue weighted by Crippen LogP contribution is 2.42. The third-order valence-corrected chi connectivity index (χ3v) is 5.47. The van der Waals surface area contributed by atoms with E-state index in [4.69, 9.17) is 0 Å². The highest BCUT2D eigenvalue weighted by molar-refractivity contribution is 5.46. The van der Waals surface area contributed by atoms with Gasteiger partial charge in [0, 0.05) is 5.92 Å². The monoisotopic (exact) mass is 372 g/mol. The lowest BCUT2D eigenvalue weighted by Crippen LogP contribution is -2.37. The summed E-state index contributed by atoms with van der Waals surface area (Å²) in [6, 6.07) is 4.06. The van der Waals surface area contributed by atoms with Gasteiger partial charge in [-0.05, 0) is 49.7 Å². The molecule has 0 heterocycles. The minimum Gasteiger partial charge on any atom is -0.507 e. The molecule has 1 aromatic carbocycles. The lowest BCUT2D eigenvalue weighted by molar-refractivity contribution is 0.0593. The smallest absolute Gasteiger partial charge is 0.122 e. The van der Waals surface area contributed by atoms with Gasteiger partial charge in [0.1, 0.15) is 5.75 Å². The predicted molar refractivity (Wildman–Crippen MR) is 117 cm³/mol. The second-order valence-electron chi connectivity index (χ2n) is 10.4. The summed E-state index contributed by atoms with van der Waals surface area (Å²) in [7, 11) is 0. The molecule has 0 aliphatic heterocycles. The molecule has 0 saturated heterocycles. The Kier molecular flexibility index (Phi) is 6.82. The van der Waals surface area contributed by atoms with Crippen LogP contribution in [0.2, 0.25) is 0 Å². The molecule has 1 aliphatic carbocycles. The van der Waals surface area contributed by atoms with Gasteiger partial charge in [0.15, 0.2) is 0 Å². The van der Waals surface area contributed by atoms with Crippen LogP contribution in [-0.4, -0.2) is 15.8 Å². The molecule has 0 radical (unpaired) electrons. The van der Waals surface area contributed by atoms with Crippen molar-refractivity contribution in [3.05, 3.63) is 52.1 Å². The van der Waals surface area contributed by atoms with Crippen molar-refractivity contribution in [2.24, 2.45) is 11.3 Å². The van der Waals surface area contributed by atoms with Gasteiger partial charge in [0.2, 0.25) is 0 Å². The first kappa shape index (κ1) is 23.5. The molecule has 2 unspecified atom stereocenters. The molecule has 1 aromatic rings. The van der Waals surface area contributed by atoms with Crippen LogP contribution in [0.5, 0.6) is 5.75 Å². The molecule has 2 N–H and O–H groups in total. The lowest BCUT2D eigenvalue weighted by atomic mass is 9.68. The van der Waals surface area contributed by atoms with E-state index in [0.29, 0.717) is 5.75 Å². The number of hydrogen-bond acceptors (Lipinski definition) is 2. The maximum atomic E-state index is 10.2.